The zero-order valence-corrected chi connectivity index (χ0v) is 24.2. The van der Waals surface area contributed by atoms with Gasteiger partial charge in [0.25, 0.3) is 0 Å². The molecule has 0 saturated heterocycles. The van der Waals surface area contributed by atoms with Crippen molar-refractivity contribution in [3.8, 4) is 22.3 Å². The molecular weight excluding hydrogens is 553 g/mol. The van der Waals surface area contributed by atoms with Crippen LogP contribution in [-0.4, -0.2) is 38.0 Å². The van der Waals surface area contributed by atoms with Crippen molar-refractivity contribution in [1.29, 1.82) is 0 Å². The summed E-state index contributed by atoms with van der Waals surface area (Å²) in [6.07, 6.45) is 9.28. The zero-order chi connectivity index (χ0) is 29.4. The molecule has 42 heavy (non-hydrogen) atoms. The molecule has 4 aromatic rings. The molecule has 0 fully saturated rings. The molecule has 2 amide bonds. The fraction of sp³-hybridized carbons (Fsp3) is 0.273. The lowest BCUT2D eigenvalue weighted by Gasteiger charge is -2.35. The quantitative estimate of drug-likeness (QED) is 0.280. The lowest BCUT2D eigenvalue weighted by atomic mass is 9.90. The van der Waals surface area contributed by atoms with Gasteiger partial charge in [0.2, 0.25) is 11.8 Å². The number of nitrogens with zero attached hydrogens (tertiary/aromatic N) is 4. The van der Waals surface area contributed by atoms with E-state index < -0.39 is 5.82 Å². The van der Waals surface area contributed by atoms with Crippen LogP contribution in [0, 0.1) is 11.7 Å². The van der Waals surface area contributed by atoms with Crippen LogP contribution < -0.4 is 5.32 Å². The van der Waals surface area contributed by atoms with Crippen LogP contribution in [0.1, 0.15) is 49.9 Å². The number of rotatable bonds is 3. The summed E-state index contributed by atoms with van der Waals surface area (Å²) in [6, 6.07) is 14.6. The van der Waals surface area contributed by atoms with Crippen LogP contribution in [0.25, 0.3) is 27.8 Å². The van der Waals surface area contributed by atoms with Gasteiger partial charge in [-0.2, -0.15) is 5.10 Å². The Morgan fingerprint density at radius 2 is 1.88 bits per heavy atom. The topological polar surface area (TPSA) is 80.1 Å². The molecule has 0 radical (unpaired) electrons. The van der Waals surface area contributed by atoms with Crippen molar-refractivity contribution in [3.05, 3.63) is 95.3 Å². The molecule has 2 unspecified atom stereocenters. The van der Waals surface area contributed by atoms with Crippen molar-refractivity contribution in [2.75, 3.05) is 11.9 Å². The van der Waals surface area contributed by atoms with Crippen molar-refractivity contribution in [2.45, 2.75) is 38.6 Å². The molecule has 2 aromatic heterocycles. The Bertz CT molecular complexity index is 1710. The number of benzene rings is 2. The maximum atomic E-state index is 15.5. The molecule has 9 heteroatoms. The second kappa shape index (κ2) is 11.5. The van der Waals surface area contributed by atoms with Gasteiger partial charge in [0.15, 0.2) is 0 Å². The van der Waals surface area contributed by atoms with Crippen molar-refractivity contribution in [3.63, 3.8) is 0 Å². The molecule has 2 aliphatic heterocycles. The Kier molecular flexibility index (Phi) is 7.64. The highest BCUT2D eigenvalue weighted by Crippen LogP contribution is 2.40. The number of nitrogens with one attached hydrogen (secondary N) is 1. The van der Waals surface area contributed by atoms with Gasteiger partial charge in [0, 0.05) is 60.4 Å². The van der Waals surface area contributed by atoms with Gasteiger partial charge in [-0.25, -0.2) is 4.39 Å². The molecule has 0 aliphatic carbocycles. The molecule has 0 saturated carbocycles. The standard InChI is InChI=1S/C33H31ClFN5O2/c1-20-6-5-9-29(28-16-21(12-14-36-28)24-7-3-4-8-27(24)38-33(20)42)40-15-13-22(17-30(40)41)31-25(10-11-26(34)32(31)35)23-18-37-39(2)19-23/h3-4,7-8,10-12,14,16-20,29H,5-6,9,13,15H2,1-2H3,(H,38,42). The monoisotopic (exact) mass is 583 g/mol. The molecular formula is C33H31ClFN5O2. The SMILES string of the molecule is CC1CCCC(N2CCC(c3c(-c4cnn(C)c4)ccc(Cl)c3F)=CC2=O)c2cc(ccn2)-c2ccccc2NC1=O. The van der Waals surface area contributed by atoms with Crippen LogP contribution in [0.2, 0.25) is 5.02 Å². The molecule has 2 aromatic carbocycles. The van der Waals surface area contributed by atoms with Crippen molar-refractivity contribution in [2.24, 2.45) is 13.0 Å². The summed E-state index contributed by atoms with van der Waals surface area (Å²) in [5, 5.41) is 7.33. The van der Waals surface area contributed by atoms with E-state index in [2.05, 4.69) is 10.4 Å². The molecule has 6 rings (SSSR count). The highest BCUT2D eigenvalue weighted by Gasteiger charge is 2.31. The molecule has 2 aliphatic rings. The number of anilines is 1. The van der Waals surface area contributed by atoms with Crippen LogP contribution in [-0.2, 0) is 16.6 Å². The number of carbonyl (C=O) groups is 2. The highest BCUT2D eigenvalue weighted by atomic mass is 35.5. The molecule has 2 atom stereocenters. The van der Waals surface area contributed by atoms with Gasteiger partial charge in [-0.3, -0.25) is 19.3 Å². The number of halogens is 2. The number of hydrogen-bond acceptors (Lipinski definition) is 4. The largest absolute Gasteiger partial charge is 0.330 e. The van der Waals surface area contributed by atoms with Crippen LogP contribution in [0.15, 0.2) is 73.2 Å². The summed E-state index contributed by atoms with van der Waals surface area (Å²) in [5.74, 6) is -0.965. The first kappa shape index (κ1) is 27.8. The average Bonchev–Trinajstić information content (AvgIpc) is 3.42. The van der Waals surface area contributed by atoms with E-state index in [9.17, 15) is 9.59 Å². The summed E-state index contributed by atoms with van der Waals surface area (Å²) in [7, 11) is 1.80. The van der Waals surface area contributed by atoms with Crippen LogP contribution in [0.3, 0.4) is 0 Å². The third kappa shape index (κ3) is 5.34. The Balaban J connectivity index is 1.38. The van der Waals surface area contributed by atoms with Gasteiger partial charge in [-0.1, -0.05) is 49.2 Å². The molecule has 1 N–H and O–H groups in total. The maximum Gasteiger partial charge on any atom is 0.247 e. The van der Waals surface area contributed by atoms with Crippen LogP contribution in [0.5, 0.6) is 0 Å². The number of fused-ring (bicyclic) bond motifs is 4. The number of para-hydroxylation sites is 1. The van der Waals surface area contributed by atoms with E-state index in [0.29, 0.717) is 42.5 Å². The normalized spacial score (nSPS) is 19.3. The molecule has 0 spiro atoms. The Morgan fingerprint density at radius 3 is 2.67 bits per heavy atom. The van der Waals surface area contributed by atoms with Gasteiger partial charge in [0.05, 0.1) is 23.0 Å². The van der Waals surface area contributed by atoms with Crippen molar-refractivity contribution in [1.82, 2.24) is 19.7 Å². The van der Waals surface area contributed by atoms with Crippen molar-refractivity contribution >= 4 is 34.7 Å². The lowest BCUT2D eigenvalue weighted by Crippen LogP contribution is -2.38. The fourth-order valence-corrected chi connectivity index (χ4v) is 6.09. The Labute approximate surface area is 249 Å². The number of carbonyl (C=O) groups excluding carboxylic acids is 2. The van der Waals surface area contributed by atoms with Crippen molar-refractivity contribution < 1.29 is 14.0 Å². The molecule has 214 valence electrons. The van der Waals surface area contributed by atoms with Gasteiger partial charge < -0.3 is 10.2 Å². The summed E-state index contributed by atoms with van der Waals surface area (Å²) in [4.78, 5) is 33.3. The van der Waals surface area contributed by atoms with Gasteiger partial charge >= 0.3 is 0 Å². The minimum absolute atomic E-state index is 0.00666. The molecule has 2 bridgehead atoms. The van der Waals surface area contributed by atoms with E-state index in [4.69, 9.17) is 16.6 Å². The Morgan fingerprint density at radius 1 is 1.05 bits per heavy atom. The predicted octanol–water partition coefficient (Wildman–Crippen LogP) is 7.06. The molecule has 7 nitrogen and oxygen atoms in total. The predicted molar refractivity (Wildman–Crippen MR) is 162 cm³/mol. The smallest absolute Gasteiger partial charge is 0.247 e. The van der Waals surface area contributed by atoms with Gasteiger partial charge in [-0.05, 0) is 60.2 Å². The fourth-order valence-electron chi connectivity index (χ4n) is 5.94. The number of amides is 2. The van der Waals surface area contributed by atoms with E-state index in [1.165, 1.54) is 12.1 Å². The van der Waals surface area contributed by atoms with Crippen LogP contribution in [0.4, 0.5) is 10.1 Å². The molecule has 4 heterocycles. The highest BCUT2D eigenvalue weighted by molar-refractivity contribution is 6.31. The van der Waals surface area contributed by atoms with Gasteiger partial charge in [-0.15, -0.1) is 0 Å². The second-order valence-electron chi connectivity index (χ2n) is 11.0. The van der Waals surface area contributed by atoms with E-state index in [0.717, 1.165) is 34.5 Å². The summed E-state index contributed by atoms with van der Waals surface area (Å²) in [6.45, 7) is 2.32. The van der Waals surface area contributed by atoms with E-state index in [-0.39, 0.29) is 28.8 Å². The van der Waals surface area contributed by atoms with E-state index in [1.54, 1.807) is 30.2 Å². The first-order valence-corrected chi connectivity index (χ1v) is 14.5. The Hall–Kier alpha value is -4.30. The number of pyridine rings is 1. The third-order valence-electron chi connectivity index (χ3n) is 8.19. The maximum absolute atomic E-state index is 15.5. The number of aryl methyl sites for hydroxylation is 1. The third-order valence-corrected chi connectivity index (χ3v) is 8.48. The number of aromatic nitrogens is 3. The van der Waals surface area contributed by atoms with E-state index in [1.807, 2.05) is 54.4 Å². The lowest BCUT2D eigenvalue weighted by molar-refractivity contribution is -0.129. The average molecular weight is 584 g/mol. The summed E-state index contributed by atoms with van der Waals surface area (Å²) in [5.41, 5.74) is 5.67. The number of hydrogen-bond donors (Lipinski definition) is 1. The van der Waals surface area contributed by atoms with Crippen LogP contribution >= 0.6 is 11.6 Å². The first-order valence-electron chi connectivity index (χ1n) is 14.1. The summed E-state index contributed by atoms with van der Waals surface area (Å²) < 4.78 is 17.2. The second-order valence-corrected chi connectivity index (χ2v) is 11.4. The van der Waals surface area contributed by atoms with E-state index >= 15 is 4.39 Å². The minimum Gasteiger partial charge on any atom is -0.330 e. The zero-order valence-electron chi connectivity index (χ0n) is 23.5. The minimum atomic E-state index is -0.545. The van der Waals surface area contributed by atoms with Gasteiger partial charge in [0.1, 0.15) is 5.82 Å². The first-order chi connectivity index (χ1) is 20.3. The summed E-state index contributed by atoms with van der Waals surface area (Å²) >= 11 is 6.21.